The molecule has 2 unspecified atom stereocenters. The fourth-order valence-electron chi connectivity index (χ4n) is 5.47. The molecule has 5 N–H and O–H groups in total. The van der Waals surface area contributed by atoms with E-state index < -0.39 is 49.2 Å². The van der Waals surface area contributed by atoms with Crippen LogP contribution in [-0.2, 0) is 44.8 Å². The average molecular weight is 742 g/mol. The van der Waals surface area contributed by atoms with Crippen LogP contribution in [0.5, 0.6) is 5.75 Å². The first-order valence-electron chi connectivity index (χ1n) is 17.2. The molecule has 1 aromatic heterocycles. The number of carboxylic acids is 1. The van der Waals surface area contributed by atoms with Crippen LogP contribution in [0.3, 0.4) is 0 Å². The molecule has 4 atom stereocenters. The Hall–Kier alpha value is -5.71. The average Bonchev–Trinajstić information content (AvgIpc) is 3.64. The Labute approximate surface area is 308 Å². The number of carboxylic acid groups (broad SMARTS) is 1. The van der Waals surface area contributed by atoms with Gasteiger partial charge in [0, 0.05) is 37.1 Å². The van der Waals surface area contributed by atoms with Crippen molar-refractivity contribution in [1.29, 1.82) is 0 Å². The number of phenolic OH excluding ortho intramolecular Hbond substituents is 1. The van der Waals surface area contributed by atoms with Crippen molar-refractivity contribution < 1.29 is 43.3 Å². The second-order valence-electron chi connectivity index (χ2n) is 12.1. The molecule has 13 heteroatoms. The highest BCUT2D eigenvalue weighted by atomic mass is 31.2. The number of alkyl carbamates (subject to hydrolysis) is 1. The number of carbonyl (C=O) groups is 3. The van der Waals surface area contributed by atoms with Gasteiger partial charge in [-0.2, -0.15) is 0 Å². The number of hydrogen-bond donors (Lipinski definition) is 5. The zero-order valence-electron chi connectivity index (χ0n) is 29.5. The molecule has 5 rings (SSSR count). The van der Waals surface area contributed by atoms with Gasteiger partial charge >= 0.3 is 12.1 Å². The van der Waals surface area contributed by atoms with Gasteiger partial charge in [-0.15, -0.1) is 0 Å². The molecule has 0 fully saturated rings. The first-order valence-corrected chi connectivity index (χ1v) is 19.1. The molecule has 0 radical (unpaired) electrons. The molecule has 0 saturated heterocycles. The van der Waals surface area contributed by atoms with E-state index in [1.165, 1.54) is 24.3 Å². The molecule has 0 saturated carbocycles. The van der Waals surface area contributed by atoms with Crippen LogP contribution >= 0.6 is 7.37 Å². The minimum atomic E-state index is -4.47. The van der Waals surface area contributed by atoms with Crippen LogP contribution in [0.15, 0.2) is 126 Å². The van der Waals surface area contributed by atoms with Gasteiger partial charge in [0.2, 0.25) is 13.3 Å². The number of ether oxygens (including phenoxy) is 1. The van der Waals surface area contributed by atoms with Crippen LogP contribution in [0.25, 0.3) is 11.3 Å². The molecule has 0 aliphatic heterocycles. The van der Waals surface area contributed by atoms with Crippen LogP contribution in [0.1, 0.15) is 36.3 Å². The third-order valence-corrected chi connectivity index (χ3v) is 10.4. The number of phenols is 1. The van der Waals surface area contributed by atoms with E-state index in [1.807, 2.05) is 50.2 Å². The lowest BCUT2D eigenvalue weighted by atomic mass is 10.0. The van der Waals surface area contributed by atoms with Gasteiger partial charge in [0.1, 0.15) is 35.6 Å². The third-order valence-electron chi connectivity index (χ3n) is 8.18. The van der Waals surface area contributed by atoms with Crippen molar-refractivity contribution in [3.8, 4) is 17.0 Å². The predicted molar refractivity (Wildman–Crippen MR) is 200 cm³/mol. The van der Waals surface area contributed by atoms with Crippen molar-refractivity contribution in [2.45, 2.75) is 51.5 Å². The van der Waals surface area contributed by atoms with Crippen LogP contribution < -0.4 is 10.6 Å². The van der Waals surface area contributed by atoms with E-state index in [0.29, 0.717) is 16.8 Å². The van der Waals surface area contributed by atoms with E-state index in [2.05, 4.69) is 15.8 Å². The number of rotatable bonds is 16. The summed E-state index contributed by atoms with van der Waals surface area (Å²) in [6, 6.07) is 33.0. The monoisotopic (exact) mass is 741 g/mol. The molecule has 0 aliphatic carbocycles. The van der Waals surface area contributed by atoms with E-state index >= 15 is 0 Å². The van der Waals surface area contributed by atoms with Gasteiger partial charge < -0.3 is 35.0 Å². The standard InChI is InChI=1S/C38H38N3O9P.C2H6/c42-31-18-16-27(17-19-31)20-34(37(44)45)39-36(43)30(22-32-23-33(41-50-32)29-14-8-3-9-15-29)25-51(47,48)35(21-26-10-4-1-5-11-26)40-38(46)49-24-28-12-6-2-7-13-28;1-2/h1-19,23,30,34-35,42H,20-22,24-25H2,(H,39,43)(H,40,46)(H,44,45)(H,47,48);1-2H3/t30?,34-,35+;/m1./s1. The highest BCUT2D eigenvalue weighted by molar-refractivity contribution is 7.58. The summed E-state index contributed by atoms with van der Waals surface area (Å²) in [6.45, 7) is 3.93. The van der Waals surface area contributed by atoms with E-state index in [0.717, 1.165) is 11.1 Å². The normalized spacial score (nSPS) is 13.6. The smallest absolute Gasteiger partial charge is 0.408 e. The lowest BCUT2D eigenvalue weighted by Crippen LogP contribution is -2.46. The summed E-state index contributed by atoms with van der Waals surface area (Å²) in [5, 5.41) is 28.8. The summed E-state index contributed by atoms with van der Waals surface area (Å²) >= 11 is 0. The molecule has 278 valence electrons. The van der Waals surface area contributed by atoms with Gasteiger partial charge in [0.25, 0.3) is 0 Å². The van der Waals surface area contributed by atoms with E-state index in [-0.39, 0.29) is 37.4 Å². The van der Waals surface area contributed by atoms with Crippen LogP contribution in [0, 0.1) is 5.92 Å². The molecule has 0 spiro atoms. The second-order valence-corrected chi connectivity index (χ2v) is 14.6. The minimum Gasteiger partial charge on any atom is -0.508 e. The van der Waals surface area contributed by atoms with Crippen LogP contribution in [0.4, 0.5) is 4.79 Å². The first-order chi connectivity index (χ1) is 25.6. The van der Waals surface area contributed by atoms with Gasteiger partial charge in [-0.25, -0.2) is 9.59 Å². The Morgan fingerprint density at radius 1 is 0.774 bits per heavy atom. The molecular weight excluding hydrogens is 697 g/mol. The molecule has 1 heterocycles. The number of aliphatic carboxylic acids is 1. The Balaban J connectivity index is 0.00000308. The van der Waals surface area contributed by atoms with Gasteiger partial charge in [-0.05, 0) is 28.8 Å². The Morgan fingerprint density at radius 3 is 1.94 bits per heavy atom. The second kappa shape index (κ2) is 19.8. The summed E-state index contributed by atoms with van der Waals surface area (Å²) in [6.07, 6.45) is -1.92. The molecule has 0 bridgehead atoms. The maximum atomic E-state index is 14.3. The summed E-state index contributed by atoms with van der Waals surface area (Å²) in [4.78, 5) is 50.8. The number of benzene rings is 4. The molecule has 53 heavy (non-hydrogen) atoms. The summed E-state index contributed by atoms with van der Waals surface area (Å²) in [5.74, 6) is -4.54. The lowest BCUT2D eigenvalue weighted by molar-refractivity contribution is -0.142. The van der Waals surface area contributed by atoms with E-state index in [1.54, 1.807) is 60.7 Å². The molecular formula is C40H44N3O9P. The number of aromatic hydroxyl groups is 1. The van der Waals surface area contributed by atoms with Gasteiger partial charge in [-0.1, -0.05) is 122 Å². The van der Waals surface area contributed by atoms with Gasteiger partial charge in [0.05, 0.1) is 5.92 Å². The van der Waals surface area contributed by atoms with Gasteiger partial charge in [-0.3, -0.25) is 9.36 Å². The predicted octanol–water partition coefficient (Wildman–Crippen LogP) is 6.81. The fraction of sp³-hybridized carbons (Fsp3) is 0.250. The zero-order chi connectivity index (χ0) is 38.2. The maximum Gasteiger partial charge on any atom is 0.408 e. The molecule has 5 aromatic rings. The highest BCUT2D eigenvalue weighted by Gasteiger charge is 2.39. The molecule has 0 aliphatic rings. The van der Waals surface area contributed by atoms with Crippen molar-refractivity contribution in [3.63, 3.8) is 0 Å². The largest absolute Gasteiger partial charge is 0.508 e. The summed E-state index contributed by atoms with van der Waals surface area (Å²) in [5.41, 5.74) is 3.15. The number of aromatic nitrogens is 1. The first kappa shape index (κ1) is 40.1. The molecule has 2 amide bonds. The SMILES string of the molecule is CC.O=C(N[C@H](Cc1ccccc1)P(=O)(O)CC(Cc1cc(-c2ccccc2)no1)C(=O)N[C@H](Cc1ccc(O)cc1)C(=O)O)OCc1ccccc1. The van der Waals surface area contributed by atoms with Crippen LogP contribution in [-0.4, -0.2) is 56.2 Å². The topological polar surface area (TPSA) is 188 Å². The van der Waals surface area contributed by atoms with Crippen molar-refractivity contribution in [3.05, 3.63) is 144 Å². The number of nitrogens with zero attached hydrogens (tertiary/aromatic N) is 1. The molecule has 12 nitrogen and oxygen atoms in total. The third kappa shape index (κ3) is 12.5. The molecule has 4 aromatic carbocycles. The van der Waals surface area contributed by atoms with E-state index in [4.69, 9.17) is 9.26 Å². The van der Waals surface area contributed by atoms with Gasteiger partial charge in [0.15, 0.2) is 0 Å². The number of carbonyl (C=O) groups excluding carboxylic acids is 2. The van der Waals surface area contributed by atoms with Crippen molar-refractivity contribution >= 4 is 25.3 Å². The fourth-order valence-corrected chi connectivity index (χ4v) is 7.45. The van der Waals surface area contributed by atoms with E-state index in [9.17, 15) is 34.1 Å². The zero-order valence-corrected chi connectivity index (χ0v) is 30.4. The minimum absolute atomic E-state index is 0.00188. The number of amides is 2. The number of hydrogen-bond acceptors (Lipinski definition) is 8. The summed E-state index contributed by atoms with van der Waals surface area (Å²) < 4.78 is 25.2. The van der Waals surface area contributed by atoms with Crippen molar-refractivity contribution in [1.82, 2.24) is 15.8 Å². The Morgan fingerprint density at radius 2 is 1.34 bits per heavy atom. The summed E-state index contributed by atoms with van der Waals surface area (Å²) in [7, 11) is -4.47. The Kier molecular flexibility index (Phi) is 15.0. The lowest BCUT2D eigenvalue weighted by Gasteiger charge is -2.27. The van der Waals surface area contributed by atoms with Crippen molar-refractivity contribution in [2.75, 3.05) is 6.16 Å². The number of nitrogens with one attached hydrogen (secondary N) is 2. The Bertz CT molecular complexity index is 1940. The maximum absolute atomic E-state index is 14.3. The van der Waals surface area contributed by atoms with Crippen LogP contribution in [0.2, 0.25) is 0 Å². The quantitative estimate of drug-likeness (QED) is 0.0672. The van der Waals surface area contributed by atoms with Crippen molar-refractivity contribution in [2.24, 2.45) is 5.92 Å². The highest BCUT2D eigenvalue weighted by Crippen LogP contribution is 2.48.